The number of hydrogen-bond donors (Lipinski definition) is 1. The highest BCUT2D eigenvalue weighted by Crippen LogP contribution is 2.17. The first kappa shape index (κ1) is 14.8. The summed E-state index contributed by atoms with van der Waals surface area (Å²) in [7, 11) is 0. The molecule has 1 aliphatic rings. The summed E-state index contributed by atoms with van der Waals surface area (Å²) in [5.74, 6) is 0.246. The number of ether oxygens (including phenoxy) is 1. The molecule has 0 amide bonds. The Kier molecular flexibility index (Phi) is 4.83. The number of morpholine rings is 1. The molecule has 0 atom stereocenters. The minimum atomic E-state index is 0.246. The van der Waals surface area contributed by atoms with Gasteiger partial charge in [0.1, 0.15) is 5.75 Å². The van der Waals surface area contributed by atoms with Gasteiger partial charge in [0.2, 0.25) is 0 Å². The van der Waals surface area contributed by atoms with Crippen molar-refractivity contribution in [1.29, 1.82) is 0 Å². The van der Waals surface area contributed by atoms with Gasteiger partial charge in [-0.05, 0) is 29.8 Å². The summed E-state index contributed by atoms with van der Waals surface area (Å²) in [4.78, 5) is 6.80. The highest BCUT2D eigenvalue weighted by Gasteiger charge is 2.10. The van der Waals surface area contributed by atoms with Crippen molar-refractivity contribution in [3.63, 3.8) is 0 Å². The van der Waals surface area contributed by atoms with Gasteiger partial charge in [-0.3, -0.25) is 9.89 Å². The first-order valence-corrected chi connectivity index (χ1v) is 7.52. The Morgan fingerprint density at radius 3 is 2.50 bits per heavy atom. The average Bonchev–Trinajstić information content (AvgIpc) is 2.56. The Morgan fingerprint density at radius 1 is 1.05 bits per heavy atom. The summed E-state index contributed by atoms with van der Waals surface area (Å²) in [5, 5.41) is 9.71. The lowest BCUT2D eigenvalue weighted by molar-refractivity contribution is 0.0342. The smallest absolute Gasteiger partial charge is 0.124 e. The number of phenols is 1. The second-order valence-electron chi connectivity index (χ2n) is 5.37. The first-order chi connectivity index (χ1) is 10.8. The fraction of sp³-hybridized carbons (Fsp3) is 0.278. The number of nitrogens with zero attached hydrogens (tertiary/aromatic N) is 2. The lowest BCUT2D eigenvalue weighted by Gasteiger charge is -2.26. The molecule has 0 aromatic heterocycles. The Balaban J connectivity index is 1.62. The largest absolute Gasteiger partial charge is 0.507 e. The van der Waals surface area contributed by atoms with E-state index in [9.17, 15) is 5.11 Å². The highest BCUT2D eigenvalue weighted by atomic mass is 16.5. The number of para-hydroxylation sites is 1. The first-order valence-electron chi connectivity index (χ1n) is 7.52. The summed E-state index contributed by atoms with van der Waals surface area (Å²) in [6.45, 7) is 4.58. The van der Waals surface area contributed by atoms with Crippen LogP contribution in [0, 0.1) is 0 Å². The maximum Gasteiger partial charge on any atom is 0.124 e. The molecule has 1 heterocycles. The van der Waals surface area contributed by atoms with E-state index in [1.165, 1.54) is 5.56 Å². The van der Waals surface area contributed by atoms with Crippen molar-refractivity contribution in [3.05, 3.63) is 59.7 Å². The van der Waals surface area contributed by atoms with E-state index >= 15 is 0 Å². The minimum Gasteiger partial charge on any atom is -0.507 e. The van der Waals surface area contributed by atoms with Crippen molar-refractivity contribution in [2.75, 3.05) is 26.3 Å². The van der Waals surface area contributed by atoms with E-state index in [4.69, 9.17) is 4.74 Å². The van der Waals surface area contributed by atoms with E-state index in [-0.39, 0.29) is 5.75 Å². The molecule has 22 heavy (non-hydrogen) atoms. The number of aliphatic imine (C=N–C) groups is 1. The van der Waals surface area contributed by atoms with E-state index in [0.717, 1.165) is 44.1 Å². The molecule has 2 aromatic rings. The maximum absolute atomic E-state index is 9.71. The fourth-order valence-corrected chi connectivity index (χ4v) is 2.45. The summed E-state index contributed by atoms with van der Waals surface area (Å²) in [5.41, 5.74) is 2.89. The molecule has 0 spiro atoms. The van der Waals surface area contributed by atoms with Gasteiger partial charge in [-0.15, -0.1) is 0 Å². The van der Waals surface area contributed by atoms with E-state index in [1.807, 2.05) is 24.3 Å². The van der Waals surface area contributed by atoms with Crippen LogP contribution in [0.4, 0.5) is 5.69 Å². The van der Waals surface area contributed by atoms with Gasteiger partial charge >= 0.3 is 0 Å². The molecule has 4 nitrogen and oxygen atoms in total. The van der Waals surface area contributed by atoms with Gasteiger partial charge in [-0.2, -0.15) is 0 Å². The van der Waals surface area contributed by atoms with Gasteiger partial charge in [-0.25, -0.2) is 0 Å². The molecule has 4 heteroatoms. The molecular weight excluding hydrogens is 276 g/mol. The number of rotatable bonds is 4. The summed E-state index contributed by atoms with van der Waals surface area (Å²) < 4.78 is 5.36. The minimum absolute atomic E-state index is 0.246. The van der Waals surface area contributed by atoms with Gasteiger partial charge in [0, 0.05) is 31.4 Å². The van der Waals surface area contributed by atoms with Gasteiger partial charge in [0.15, 0.2) is 0 Å². The molecule has 3 rings (SSSR count). The van der Waals surface area contributed by atoms with E-state index in [2.05, 4.69) is 22.0 Å². The SMILES string of the molecule is Oc1ccccc1C=Nc1ccc(CN2CCOCC2)cc1. The van der Waals surface area contributed by atoms with Crippen LogP contribution < -0.4 is 0 Å². The van der Waals surface area contributed by atoms with E-state index in [1.54, 1.807) is 18.3 Å². The van der Waals surface area contributed by atoms with Crippen LogP contribution >= 0.6 is 0 Å². The number of benzene rings is 2. The third kappa shape index (κ3) is 3.93. The van der Waals surface area contributed by atoms with Crippen molar-refractivity contribution in [2.24, 2.45) is 4.99 Å². The normalized spacial score (nSPS) is 16.2. The molecule has 0 aliphatic carbocycles. The van der Waals surface area contributed by atoms with Crippen molar-refractivity contribution >= 4 is 11.9 Å². The third-order valence-corrected chi connectivity index (χ3v) is 3.74. The molecule has 0 unspecified atom stereocenters. The lowest BCUT2D eigenvalue weighted by Crippen LogP contribution is -2.35. The maximum atomic E-state index is 9.71. The van der Waals surface area contributed by atoms with Crippen molar-refractivity contribution in [3.8, 4) is 5.75 Å². The monoisotopic (exact) mass is 296 g/mol. The predicted octanol–water partition coefficient (Wildman–Crippen LogP) is 2.98. The molecule has 1 aliphatic heterocycles. The number of phenolic OH excluding ortho intramolecular Hbond substituents is 1. The quantitative estimate of drug-likeness (QED) is 0.882. The van der Waals surface area contributed by atoms with Crippen LogP contribution in [0.25, 0.3) is 0 Å². The molecule has 2 aromatic carbocycles. The van der Waals surface area contributed by atoms with Crippen LogP contribution in [0.15, 0.2) is 53.5 Å². The zero-order chi connectivity index (χ0) is 15.2. The molecule has 1 saturated heterocycles. The van der Waals surface area contributed by atoms with E-state index < -0.39 is 0 Å². The Morgan fingerprint density at radius 2 is 1.77 bits per heavy atom. The second-order valence-corrected chi connectivity index (χ2v) is 5.37. The Bertz CT molecular complexity index is 632. The van der Waals surface area contributed by atoms with Crippen LogP contribution in [0.5, 0.6) is 5.75 Å². The van der Waals surface area contributed by atoms with Crippen LogP contribution in [0.2, 0.25) is 0 Å². The zero-order valence-corrected chi connectivity index (χ0v) is 12.5. The predicted molar refractivity (Wildman–Crippen MR) is 87.9 cm³/mol. The highest BCUT2D eigenvalue weighted by molar-refractivity contribution is 5.85. The van der Waals surface area contributed by atoms with Gasteiger partial charge < -0.3 is 9.84 Å². The number of aromatic hydroxyl groups is 1. The third-order valence-electron chi connectivity index (χ3n) is 3.74. The van der Waals surface area contributed by atoms with Crippen LogP contribution in [0.3, 0.4) is 0 Å². The lowest BCUT2D eigenvalue weighted by atomic mass is 10.2. The molecule has 0 bridgehead atoms. The second kappa shape index (κ2) is 7.20. The summed E-state index contributed by atoms with van der Waals surface area (Å²) >= 11 is 0. The fourth-order valence-electron chi connectivity index (χ4n) is 2.45. The molecule has 1 N–H and O–H groups in total. The molecule has 114 valence electrons. The zero-order valence-electron chi connectivity index (χ0n) is 12.5. The molecular formula is C18H20N2O2. The van der Waals surface area contributed by atoms with Crippen molar-refractivity contribution in [1.82, 2.24) is 4.90 Å². The average molecular weight is 296 g/mol. The topological polar surface area (TPSA) is 45.1 Å². The van der Waals surface area contributed by atoms with Crippen LogP contribution in [-0.4, -0.2) is 42.5 Å². The number of hydrogen-bond acceptors (Lipinski definition) is 4. The van der Waals surface area contributed by atoms with Crippen molar-refractivity contribution < 1.29 is 9.84 Å². The molecule has 1 fully saturated rings. The van der Waals surface area contributed by atoms with Crippen LogP contribution in [0.1, 0.15) is 11.1 Å². The Hall–Kier alpha value is -2.17. The Labute approximate surface area is 130 Å². The summed E-state index contributed by atoms with van der Waals surface area (Å²) in [6.07, 6.45) is 1.69. The van der Waals surface area contributed by atoms with Gasteiger partial charge in [0.25, 0.3) is 0 Å². The summed E-state index contributed by atoms with van der Waals surface area (Å²) in [6, 6.07) is 15.4. The van der Waals surface area contributed by atoms with Gasteiger partial charge in [0.05, 0.1) is 18.9 Å². The van der Waals surface area contributed by atoms with Gasteiger partial charge in [-0.1, -0.05) is 24.3 Å². The van der Waals surface area contributed by atoms with Crippen LogP contribution in [-0.2, 0) is 11.3 Å². The molecule has 0 radical (unpaired) electrons. The molecule has 0 saturated carbocycles. The van der Waals surface area contributed by atoms with E-state index in [0.29, 0.717) is 0 Å². The standard InChI is InChI=1S/C18H20N2O2/c21-18-4-2-1-3-16(18)13-19-17-7-5-15(6-8-17)14-20-9-11-22-12-10-20/h1-8,13,21H,9-12,14H2. The van der Waals surface area contributed by atoms with Crippen molar-refractivity contribution in [2.45, 2.75) is 6.54 Å².